The molecule has 0 aromatic heterocycles. The van der Waals surface area contributed by atoms with Gasteiger partial charge in [-0.3, -0.25) is 9.80 Å². The standard InChI is InChI=1S/C6H12N2O2/c1-4-7-8(2)5-6(9)10-3/h4H,5H2,1-3H3/b7-4-. The first-order valence-corrected chi connectivity index (χ1v) is 2.97. The number of methoxy groups -OCH3 is 1. The lowest BCUT2D eigenvalue weighted by Crippen LogP contribution is -2.21. The third-order valence-electron chi connectivity index (χ3n) is 0.898. The van der Waals surface area contributed by atoms with Crippen molar-refractivity contribution in [3.8, 4) is 0 Å². The van der Waals surface area contributed by atoms with Crippen LogP contribution in [0.2, 0.25) is 0 Å². The van der Waals surface area contributed by atoms with Gasteiger partial charge in [0.2, 0.25) is 0 Å². The largest absolute Gasteiger partial charge is 0.468 e. The molecule has 0 N–H and O–H groups in total. The van der Waals surface area contributed by atoms with Crippen molar-refractivity contribution in [2.45, 2.75) is 6.92 Å². The maximum Gasteiger partial charge on any atom is 0.327 e. The molecule has 0 unspecified atom stereocenters. The fourth-order valence-electron chi connectivity index (χ4n) is 0.489. The quantitative estimate of drug-likeness (QED) is 0.320. The molecule has 0 saturated carbocycles. The summed E-state index contributed by atoms with van der Waals surface area (Å²) in [7, 11) is 3.06. The van der Waals surface area contributed by atoms with Crippen LogP contribution in [0.15, 0.2) is 5.10 Å². The van der Waals surface area contributed by atoms with Crippen molar-refractivity contribution in [1.29, 1.82) is 0 Å². The third-order valence-corrected chi connectivity index (χ3v) is 0.898. The highest BCUT2D eigenvalue weighted by molar-refractivity contribution is 5.71. The van der Waals surface area contributed by atoms with Crippen molar-refractivity contribution in [2.75, 3.05) is 20.7 Å². The number of ether oxygens (including phenoxy) is 1. The fraction of sp³-hybridized carbons (Fsp3) is 0.667. The van der Waals surface area contributed by atoms with Crippen LogP contribution in [0.5, 0.6) is 0 Å². The average molecular weight is 144 g/mol. The molecule has 0 bridgehead atoms. The molecule has 4 nitrogen and oxygen atoms in total. The Hall–Kier alpha value is -1.06. The van der Waals surface area contributed by atoms with E-state index in [-0.39, 0.29) is 12.5 Å². The van der Waals surface area contributed by atoms with Crippen molar-refractivity contribution < 1.29 is 9.53 Å². The van der Waals surface area contributed by atoms with Gasteiger partial charge in [-0.1, -0.05) is 0 Å². The lowest BCUT2D eigenvalue weighted by molar-refractivity contribution is -0.141. The lowest BCUT2D eigenvalue weighted by atomic mass is 10.6. The Morgan fingerprint density at radius 1 is 1.80 bits per heavy atom. The number of rotatable bonds is 3. The minimum atomic E-state index is -0.284. The van der Waals surface area contributed by atoms with E-state index in [2.05, 4.69) is 9.84 Å². The molecule has 0 aliphatic heterocycles. The number of carbonyl (C=O) groups excluding carboxylic acids is 1. The van der Waals surface area contributed by atoms with Gasteiger partial charge in [-0.05, 0) is 6.92 Å². The van der Waals surface area contributed by atoms with Crippen molar-refractivity contribution in [2.24, 2.45) is 5.10 Å². The Kier molecular flexibility index (Phi) is 4.28. The van der Waals surface area contributed by atoms with Crippen LogP contribution in [0.25, 0.3) is 0 Å². The summed E-state index contributed by atoms with van der Waals surface area (Å²) in [5, 5.41) is 5.33. The number of likely N-dealkylation sites (N-methyl/N-ethyl adjacent to an activating group) is 1. The van der Waals surface area contributed by atoms with Gasteiger partial charge in [0.25, 0.3) is 0 Å². The topological polar surface area (TPSA) is 41.9 Å². The van der Waals surface area contributed by atoms with Crippen LogP contribution in [0, 0.1) is 0 Å². The monoisotopic (exact) mass is 144 g/mol. The summed E-state index contributed by atoms with van der Waals surface area (Å²) in [6.07, 6.45) is 1.61. The highest BCUT2D eigenvalue weighted by atomic mass is 16.5. The summed E-state index contributed by atoms with van der Waals surface area (Å²) < 4.78 is 4.41. The number of hydrogen-bond acceptors (Lipinski definition) is 4. The predicted octanol–water partition coefficient (Wildman–Crippen LogP) is 0.0969. The molecule has 0 aliphatic rings. The Balaban J connectivity index is 3.57. The second-order valence-corrected chi connectivity index (χ2v) is 1.77. The molecule has 0 radical (unpaired) electrons. The summed E-state index contributed by atoms with van der Waals surface area (Å²) in [6.45, 7) is 1.98. The van der Waals surface area contributed by atoms with Crippen LogP contribution >= 0.6 is 0 Å². The van der Waals surface area contributed by atoms with Crippen LogP contribution in [0.4, 0.5) is 0 Å². The first-order chi connectivity index (χ1) is 4.70. The maximum absolute atomic E-state index is 10.6. The van der Waals surface area contributed by atoms with Crippen LogP contribution < -0.4 is 0 Å². The molecule has 10 heavy (non-hydrogen) atoms. The van der Waals surface area contributed by atoms with Gasteiger partial charge in [0.1, 0.15) is 6.54 Å². The minimum absolute atomic E-state index is 0.195. The zero-order valence-electron chi connectivity index (χ0n) is 6.50. The summed E-state index contributed by atoms with van der Waals surface area (Å²) in [6, 6.07) is 0. The van der Waals surface area contributed by atoms with Gasteiger partial charge < -0.3 is 4.74 Å². The van der Waals surface area contributed by atoms with E-state index >= 15 is 0 Å². The minimum Gasteiger partial charge on any atom is -0.468 e. The van der Waals surface area contributed by atoms with Crippen molar-refractivity contribution in [3.63, 3.8) is 0 Å². The number of hydrazone groups is 1. The molecule has 4 heteroatoms. The summed E-state index contributed by atoms with van der Waals surface area (Å²) in [5.74, 6) is -0.284. The highest BCUT2D eigenvalue weighted by Gasteiger charge is 2.01. The van der Waals surface area contributed by atoms with Gasteiger partial charge in [-0.15, -0.1) is 0 Å². The zero-order chi connectivity index (χ0) is 7.98. The van der Waals surface area contributed by atoms with Crippen molar-refractivity contribution in [1.82, 2.24) is 5.01 Å². The van der Waals surface area contributed by atoms with E-state index in [9.17, 15) is 4.79 Å². The summed E-state index contributed by atoms with van der Waals surface area (Å²) >= 11 is 0. The predicted molar refractivity (Wildman–Crippen MR) is 38.8 cm³/mol. The van der Waals surface area contributed by atoms with Gasteiger partial charge in [0.05, 0.1) is 7.11 Å². The van der Waals surface area contributed by atoms with E-state index < -0.39 is 0 Å². The Bertz CT molecular complexity index is 134. The van der Waals surface area contributed by atoms with Crippen LogP contribution in [0.1, 0.15) is 6.92 Å². The number of esters is 1. The first-order valence-electron chi connectivity index (χ1n) is 2.97. The molecule has 0 rings (SSSR count). The first kappa shape index (κ1) is 8.94. The molecule has 0 aromatic carbocycles. The maximum atomic E-state index is 10.6. The smallest absolute Gasteiger partial charge is 0.327 e. The van der Waals surface area contributed by atoms with E-state index in [1.807, 2.05) is 0 Å². The molecule has 0 amide bonds. The normalized spacial score (nSPS) is 9.90. The van der Waals surface area contributed by atoms with E-state index in [0.717, 1.165) is 0 Å². The number of hydrogen-bond donors (Lipinski definition) is 0. The van der Waals surface area contributed by atoms with Gasteiger partial charge in [0.15, 0.2) is 0 Å². The molecule has 0 fully saturated rings. The van der Waals surface area contributed by atoms with Crippen molar-refractivity contribution in [3.05, 3.63) is 0 Å². The number of nitrogens with zero attached hydrogens (tertiary/aromatic N) is 2. The Morgan fingerprint density at radius 3 is 2.80 bits per heavy atom. The van der Waals surface area contributed by atoms with E-state index in [0.29, 0.717) is 0 Å². The van der Waals surface area contributed by atoms with Gasteiger partial charge in [-0.25, -0.2) is 0 Å². The molecular formula is C6H12N2O2. The van der Waals surface area contributed by atoms with E-state index in [1.165, 1.54) is 12.1 Å². The number of carbonyl (C=O) groups is 1. The van der Waals surface area contributed by atoms with Crippen LogP contribution in [-0.2, 0) is 9.53 Å². The molecule has 0 atom stereocenters. The second-order valence-electron chi connectivity index (χ2n) is 1.77. The third kappa shape index (κ3) is 3.88. The Morgan fingerprint density at radius 2 is 2.40 bits per heavy atom. The lowest BCUT2D eigenvalue weighted by Gasteiger charge is -2.09. The molecule has 0 aromatic rings. The van der Waals surface area contributed by atoms with Gasteiger partial charge >= 0.3 is 5.97 Å². The summed E-state index contributed by atoms with van der Waals surface area (Å²) in [4.78, 5) is 10.6. The van der Waals surface area contributed by atoms with Crippen LogP contribution in [-0.4, -0.2) is 37.9 Å². The molecular weight excluding hydrogens is 132 g/mol. The van der Waals surface area contributed by atoms with Gasteiger partial charge in [-0.2, -0.15) is 5.10 Å². The molecule has 58 valence electrons. The van der Waals surface area contributed by atoms with Crippen molar-refractivity contribution >= 4 is 12.2 Å². The molecule has 0 heterocycles. The summed E-state index contributed by atoms with van der Waals surface area (Å²) in [5.41, 5.74) is 0. The molecule has 0 spiro atoms. The molecule has 0 aliphatic carbocycles. The SMILES string of the molecule is C/C=N\N(C)CC(=O)OC. The van der Waals surface area contributed by atoms with Gasteiger partial charge in [0, 0.05) is 13.3 Å². The highest BCUT2D eigenvalue weighted by Crippen LogP contribution is 1.83. The van der Waals surface area contributed by atoms with Crippen LogP contribution in [0.3, 0.4) is 0 Å². The van der Waals surface area contributed by atoms with E-state index in [4.69, 9.17) is 0 Å². The Labute approximate surface area is 60.5 Å². The van der Waals surface area contributed by atoms with E-state index in [1.54, 1.807) is 20.2 Å². The fourth-order valence-corrected chi connectivity index (χ4v) is 0.489. The second kappa shape index (κ2) is 4.78. The molecule has 0 saturated heterocycles. The average Bonchev–Trinajstić information content (AvgIpc) is 1.88. The zero-order valence-corrected chi connectivity index (χ0v) is 6.50.